The first-order valence-corrected chi connectivity index (χ1v) is 4.10. The number of H-pyrrole nitrogens is 1. The number of aromatic nitrogens is 2. The predicted molar refractivity (Wildman–Crippen MR) is 53.2 cm³/mol. The molecular formula is C10H8N4. The van der Waals surface area contributed by atoms with Crippen LogP contribution >= 0.6 is 0 Å². The van der Waals surface area contributed by atoms with Gasteiger partial charge in [-0.25, -0.2) is 0 Å². The molecule has 0 amide bonds. The number of rotatable bonds is 1. The van der Waals surface area contributed by atoms with Crippen LogP contribution in [0.5, 0.6) is 0 Å². The van der Waals surface area contributed by atoms with Gasteiger partial charge in [-0.05, 0) is 17.7 Å². The fourth-order valence-corrected chi connectivity index (χ4v) is 1.32. The van der Waals surface area contributed by atoms with Crippen LogP contribution in [-0.4, -0.2) is 9.97 Å². The molecule has 0 aliphatic rings. The maximum absolute atomic E-state index is 8.88. The van der Waals surface area contributed by atoms with E-state index in [0.29, 0.717) is 11.4 Å². The number of hydrogen-bond acceptors (Lipinski definition) is 3. The van der Waals surface area contributed by atoms with Crippen LogP contribution in [0.15, 0.2) is 30.7 Å². The molecule has 2 aromatic rings. The molecule has 68 valence electrons. The van der Waals surface area contributed by atoms with Gasteiger partial charge in [-0.1, -0.05) is 0 Å². The van der Waals surface area contributed by atoms with Gasteiger partial charge in [-0.15, -0.1) is 0 Å². The Hall–Kier alpha value is -2.28. The minimum Gasteiger partial charge on any atom is -0.384 e. The number of nitrogens with zero attached hydrogens (tertiary/aromatic N) is 2. The largest absolute Gasteiger partial charge is 0.384 e. The highest BCUT2D eigenvalue weighted by molar-refractivity contribution is 5.75. The topological polar surface area (TPSA) is 78.5 Å². The number of nitriles is 1. The summed E-state index contributed by atoms with van der Waals surface area (Å²) in [5.41, 5.74) is 7.83. The summed E-state index contributed by atoms with van der Waals surface area (Å²) in [6.45, 7) is 0. The second kappa shape index (κ2) is 3.23. The van der Waals surface area contributed by atoms with E-state index in [2.05, 4.69) is 16.0 Å². The third-order valence-corrected chi connectivity index (χ3v) is 2.01. The number of hydrogen-bond donors (Lipinski definition) is 2. The molecule has 0 aromatic carbocycles. The second-order valence-electron chi connectivity index (χ2n) is 2.84. The zero-order valence-corrected chi connectivity index (χ0v) is 7.36. The minimum atomic E-state index is 0.402. The Balaban J connectivity index is 2.59. The molecule has 14 heavy (non-hydrogen) atoms. The predicted octanol–water partition coefficient (Wildman–Crippen LogP) is 1.53. The zero-order valence-electron chi connectivity index (χ0n) is 7.36. The van der Waals surface area contributed by atoms with E-state index >= 15 is 0 Å². The van der Waals surface area contributed by atoms with Crippen molar-refractivity contribution in [2.24, 2.45) is 0 Å². The molecule has 0 spiro atoms. The van der Waals surface area contributed by atoms with Gasteiger partial charge in [0.15, 0.2) is 0 Å². The molecule has 2 rings (SSSR count). The van der Waals surface area contributed by atoms with E-state index in [1.54, 1.807) is 18.6 Å². The van der Waals surface area contributed by atoms with E-state index in [4.69, 9.17) is 11.0 Å². The zero-order chi connectivity index (χ0) is 9.97. The summed E-state index contributed by atoms with van der Waals surface area (Å²) >= 11 is 0. The van der Waals surface area contributed by atoms with Gasteiger partial charge >= 0.3 is 0 Å². The number of anilines is 1. The number of pyridine rings is 1. The molecule has 0 bridgehead atoms. The van der Waals surface area contributed by atoms with Crippen molar-refractivity contribution in [3.8, 4) is 17.2 Å². The Bertz CT molecular complexity index is 479. The van der Waals surface area contributed by atoms with Crippen molar-refractivity contribution in [3.05, 3.63) is 36.3 Å². The molecule has 0 saturated carbocycles. The first kappa shape index (κ1) is 8.32. The van der Waals surface area contributed by atoms with Crippen LogP contribution in [0.1, 0.15) is 5.56 Å². The number of nitrogens with two attached hydrogens (primary N) is 1. The highest BCUT2D eigenvalue weighted by Crippen LogP contribution is 2.25. The molecule has 2 heterocycles. The molecule has 0 atom stereocenters. The number of nitrogen functional groups attached to an aromatic ring is 1. The van der Waals surface area contributed by atoms with Gasteiger partial charge < -0.3 is 10.7 Å². The Morgan fingerprint density at radius 2 is 2.07 bits per heavy atom. The van der Waals surface area contributed by atoms with Gasteiger partial charge in [0, 0.05) is 24.2 Å². The molecule has 4 heteroatoms. The molecule has 0 saturated heterocycles. The van der Waals surface area contributed by atoms with Crippen LogP contribution in [0.2, 0.25) is 0 Å². The monoisotopic (exact) mass is 184 g/mol. The Morgan fingerprint density at radius 1 is 1.36 bits per heavy atom. The van der Waals surface area contributed by atoms with Crippen molar-refractivity contribution in [2.45, 2.75) is 0 Å². The minimum absolute atomic E-state index is 0.402. The fraction of sp³-hybridized carbons (Fsp3) is 0. The van der Waals surface area contributed by atoms with Crippen LogP contribution in [0.3, 0.4) is 0 Å². The molecule has 3 N–H and O–H groups in total. The molecule has 0 unspecified atom stereocenters. The van der Waals surface area contributed by atoms with Crippen molar-refractivity contribution in [1.82, 2.24) is 9.97 Å². The van der Waals surface area contributed by atoms with E-state index in [9.17, 15) is 0 Å². The summed E-state index contributed by atoms with van der Waals surface area (Å²) in [4.78, 5) is 6.73. The Kier molecular flexibility index (Phi) is 1.92. The van der Waals surface area contributed by atoms with Gasteiger partial charge in [0.05, 0.1) is 0 Å². The Labute approximate surface area is 81.0 Å². The average molecular weight is 184 g/mol. The van der Waals surface area contributed by atoms with Crippen molar-refractivity contribution in [3.63, 3.8) is 0 Å². The average Bonchev–Trinajstić information content (AvgIpc) is 2.61. The standard InChI is InChI=1S/C10H8N4/c11-5-8-9(6-14-10(8)12)7-1-3-13-4-2-7/h1-4,6,14H,12H2. The normalized spacial score (nSPS) is 9.64. The summed E-state index contributed by atoms with van der Waals surface area (Å²) < 4.78 is 0. The first-order valence-electron chi connectivity index (χ1n) is 4.10. The fourth-order valence-electron chi connectivity index (χ4n) is 1.32. The van der Waals surface area contributed by atoms with Gasteiger partial charge in [-0.3, -0.25) is 4.98 Å². The summed E-state index contributed by atoms with van der Waals surface area (Å²) in [6.07, 6.45) is 5.09. The van der Waals surface area contributed by atoms with Gasteiger partial charge in [0.25, 0.3) is 0 Å². The van der Waals surface area contributed by atoms with Crippen LogP contribution < -0.4 is 5.73 Å². The quantitative estimate of drug-likeness (QED) is 0.705. The molecule has 0 aliphatic carbocycles. The van der Waals surface area contributed by atoms with E-state index in [0.717, 1.165) is 11.1 Å². The van der Waals surface area contributed by atoms with Crippen LogP contribution in [0, 0.1) is 11.3 Å². The maximum Gasteiger partial charge on any atom is 0.119 e. The lowest BCUT2D eigenvalue weighted by Crippen LogP contribution is -1.87. The first-order chi connectivity index (χ1) is 6.83. The van der Waals surface area contributed by atoms with Crippen molar-refractivity contribution in [1.29, 1.82) is 5.26 Å². The van der Waals surface area contributed by atoms with E-state index < -0.39 is 0 Å². The lowest BCUT2D eigenvalue weighted by molar-refractivity contribution is 1.33. The second-order valence-corrected chi connectivity index (χ2v) is 2.84. The van der Waals surface area contributed by atoms with Crippen LogP contribution in [-0.2, 0) is 0 Å². The number of aromatic amines is 1. The van der Waals surface area contributed by atoms with Gasteiger partial charge in [-0.2, -0.15) is 5.26 Å². The van der Waals surface area contributed by atoms with Gasteiger partial charge in [0.1, 0.15) is 17.5 Å². The maximum atomic E-state index is 8.88. The van der Waals surface area contributed by atoms with Crippen molar-refractivity contribution in [2.75, 3.05) is 5.73 Å². The lowest BCUT2D eigenvalue weighted by atomic mass is 10.1. The van der Waals surface area contributed by atoms with Crippen molar-refractivity contribution >= 4 is 5.82 Å². The SMILES string of the molecule is N#Cc1c(-c2ccncc2)c[nH]c1N. The summed E-state index contributed by atoms with van der Waals surface area (Å²) in [7, 11) is 0. The molecular weight excluding hydrogens is 176 g/mol. The molecule has 2 aromatic heterocycles. The molecule has 0 fully saturated rings. The van der Waals surface area contributed by atoms with E-state index in [1.165, 1.54) is 0 Å². The summed E-state index contributed by atoms with van der Waals surface area (Å²) in [6, 6.07) is 5.74. The molecule has 0 radical (unpaired) electrons. The van der Waals surface area contributed by atoms with E-state index in [1.807, 2.05) is 12.1 Å². The molecule has 4 nitrogen and oxygen atoms in total. The number of nitrogens with one attached hydrogen (secondary N) is 1. The lowest BCUT2D eigenvalue weighted by Gasteiger charge is -1.96. The van der Waals surface area contributed by atoms with Crippen LogP contribution in [0.25, 0.3) is 11.1 Å². The highest BCUT2D eigenvalue weighted by Gasteiger charge is 2.09. The van der Waals surface area contributed by atoms with Gasteiger partial charge in [0.2, 0.25) is 0 Å². The van der Waals surface area contributed by atoms with Crippen LogP contribution in [0.4, 0.5) is 5.82 Å². The van der Waals surface area contributed by atoms with E-state index in [-0.39, 0.29) is 0 Å². The smallest absolute Gasteiger partial charge is 0.119 e. The molecule has 0 aliphatic heterocycles. The summed E-state index contributed by atoms with van der Waals surface area (Å²) in [5, 5.41) is 8.88. The summed E-state index contributed by atoms with van der Waals surface area (Å²) in [5.74, 6) is 0.402. The third kappa shape index (κ3) is 1.21. The Morgan fingerprint density at radius 3 is 2.71 bits per heavy atom. The van der Waals surface area contributed by atoms with Crippen molar-refractivity contribution < 1.29 is 0 Å². The third-order valence-electron chi connectivity index (χ3n) is 2.01. The highest BCUT2D eigenvalue weighted by atomic mass is 14.8.